The zero-order valence-electron chi connectivity index (χ0n) is 13.4. The minimum atomic E-state index is -0.200. The van der Waals surface area contributed by atoms with Crippen LogP contribution in [-0.4, -0.2) is 14.6 Å². The van der Waals surface area contributed by atoms with Gasteiger partial charge in [0.25, 0.3) is 5.56 Å². The van der Waals surface area contributed by atoms with E-state index in [2.05, 4.69) is 30.0 Å². The van der Waals surface area contributed by atoms with Gasteiger partial charge in [-0.25, -0.2) is 0 Å². The highest BCUT2D eigenvalue weighted by atomic mass is 16.1. The molecule has 0 atom stereocenters. The van der Waals surface area contributed by atoms with E-state index in [1.165, 1.54) is 4.52 Å². The molecule has 116 valence electrons. The number of hydrogen-bond donors (Lipinski definition) is 1. The molecule has 23 heavy (non-hydrogen) atoms. The van der Waals surface area contributed by atoms with Crippen molar-refractivity contribution >= 4 is 5.65 Å². The predicted octanol–water partition coefficient (Wildman–Crippen LogP) is 3.07. The molecule has 1 N–H and O–H groups in total. The van der Waals surface area contributed by atoms with Crippen molar-refractivity contribution in [3.8, 4) is 17.2 Å². The second-order valence-corrected chi connectivity index (χ2v) is 6.09. The van der Waals surface area contributed by atoms with E-state index in [9.17, 15) is 10.1 Å². The van der Waals surface area contributed by atoms with Gasteiger partial charge in [0.15, 0.2) is 5.65 Å². The van der Waals surface area contributed by atoms with Crippen LogP contribution in [0, 0.1) is 24.2 Å². The molecule has 0 radical (unpaired) electrons. The predicted molar refractivity (Wildman–Crippen MR) is 89.2 cm³/mol. The fourth-order valence-corrected chi connectivity index (χ4v) is 2.83. The Morgan fingerprint density at radius 3 is 2.61 bits per heavy atom. The summed E-state index contributed by atoms with van der Waals surface area (Å²) in [4.78, 5) is 16.0. The molecule has 0 bridgehead atoms. The number of H-pyrrole nitrogens is 1. The second-order valence-electron chi connectivity index (χ2n) is 6.09. The molecule has 0 unspecified atom stereocenters. The molecule has 5 heteroatoms. The molecule has 0 aliphatic rings. The number of nitrogens with one attached hydrogen (secondary N) is 1. The number of aromatic nitrogens is 3. The maximum atomic E-state index is 12.9. The first kappa shape index (κ1) is 15.0. The van der Waals surface area contributed by atoms with Gasteiger partial charge in [0.2, 0.25) is 0 Å². The average molecular weight is 306 g/mol. The highest BCUT2D eigenvalue weighted by Crippen LogP contribution is 2.24. The number of nitrogens with zero attached hydrogens (tertiary/aromatic N) is 3. The monoisotopic (exact) mass is 306 g/mol. The SMILES string of the molecule is Cc1c(-c2ccccc2)c(=O)n2nc(CC(C)C)[nH]c2c1C#N. The zero-order valence-corrected chi connectivity index (χ0v) is 13.4. The summed E-state index contributed by atoms with van der Waals surface area (Å²) in [6.45, 7) is 5.98. The van der Waals surface area contributed by atoms with E-state index < -0.39 is 0 Å². The number of rotatable bonds is 3. The average Bonchev–Trinajstić information content (AvgIpc) is 2.92. The standard InChI is InChI=1S/C18H18N4O/c1-11(2)9-15-20-17-14(10-19)12(3)16(18(23)22(17)21-15)13-7-5-4-6-8-13/h4-8,11H,9H2,1-3H3,(H,20,21). The summed E-state index contributed by atoms with van der Waals surface area (Å²) in [7, 11) is 0. The summed E-state index contributed by atoms with van der Waals surface area (Å²) in [5.74, 6) is 1.13. The lowest BCUT2D eigenvalue weighted by Gasteiger charge is -2.07. The van der Waals surface area contributed by atoms with Crippen LogP contribution in [0.3, 0.4) is 0 Å². The third-order valence-electron chi connectivity index (χ3n) is 3.86. The fourth-order valence-electron chi connectivity index (χ4n) is 2.83. The van der Waals surface area contributed by atoms with Crippen LogP contribution in [0.5, 0.6) is 0 Å². The number of nitriles is 1. The molecule has 1 aromatic carbocycles. The summed E-state index contributed by atoms with van der Waals surface area (Å²) >= 11 is 0. The first-order valence-corrected chi connectivity index (χ1v) is 7.63. The van der Waals surface area contributed by atoms with Crippen LogP contribution in [0.1, 0.15) is 30.8 Å². The maximum Gasteiger partial charge on any atom is 0.281 e. The van der Waals surface area contributed by atoms with Crippen molar-refractivity contribution in [1.29, 1.82) is 5.26 Å². The van der Waals surface area contributed by atoms with Gasteiger partial charge in [-0.05, 0) is 24.0 Å². The summed E-state index contributed by atoms with van der Waals surface area (Å²) in [6.07, 6.45) is 0.728. The minimum Gasteiger partial charge on any atom is -0.326 e. The molecule has 5 nitrogen and oxygen atoms in total. The van der Waals surface area contributed by atoms with E-state index in [0.29, 0.717) is 28.3 Å². The normalized spacial score (nSPS) is 11.1. The van der Waals surface area contributed by atoms with Crippen molar-refractivity contribution in [2.24, 2.45) is 5.92 Å². The van der Waals surface area contributed by atoms with Crippen molar-refractivity contribution in [3.05, 3.63) is 57.6 Å². The number of hydrogen-bond acceptors (Lipinski definition) is 3. The van der Waals surface area contributed by atoms with E-state index in [0.717, 1.165) is 17.8 Å². The van der Waals surface area contributed by atoms with Crippen LogP contribution in [0.15, 0.2) is 35.1 Å². The van der Waals surface area contributed by atoms with E-state index >= 15 is 0 Å². The van der Waals surface area contributed by atoms with Crippen molar-refractivity contribution < 1.29 is 0 Å². The van der Waals surface area contributed by atoms with Crippen LogP contribution in [0.2, 0.25) is 0 Å². The Hall–Kier alpha value is -2.87. The molecule has 0 saturated carbocycles. The van der Waals surface area contributed by atoms with Crippen molar-refractivity contribution in [2.75, 3.05) is 0 Å². The van der Waals surface area contributed by atoms with Gasteiger partial charge in [-0.3, -0.25) is 4.79 Å². The van der Waals surface area contributed by atoms with Crippen LogP contribution in [-0.2, 0) is 6.42 Å². The van der Waals surface area contributed by atoms with E-state index in [1.807, 2.05) is 37.3 Å². The molecular weight excluding hydrogens is 288 g/mol. The van der Waals surface area contributed by atoms with E-state index in [1.54, 1.807) is 0 Å². The first-order valence-electron chi connectivity index (χ1n) is 7.63. The van der Waals surface area contributed by atoms with Crippen molar-refractivity contribution in [3.63, 3.8) is 0 Å². The van der Waals surface area contributed by atoms with Gasteiger partial charge in [0.1, 0.15) is 11.9 Å². The van der Waals surface area contributed by atoms with Gasteiger partial charge in [0, 0.05) is 6.42 Å². The molecule has 0 aliphatic heterocycles. The third kappa shape index (κ3) is 2.53. The molecule has 0 amide bonds. The lowest BCUT2D eigenvalue weighted by Crippen LogP contribution is -2.19. The van der Waals surface area contributed by atoms with Crippen LogP contribution >= 0.6 is 0 Å². The molecule has 3 rings (SSSR count). The molecule has 0 fully saturated rings. The summed E-state index contributed by atoms with van der Waals surface area (Å²) in [5, 5.41) is 13.9. The zero-order chi connectivity index (χ0) is 16.6. The Morgan fingerprint density at radius 1 is 1.30 bits per heavy atom. The molecule has 0 aliphatic carbocycles. The largest absolute Gasteiger partial charge is 0.326 e. The summed E-state index contributed by atoms with van der Waals surface area (Å²) in [5.41, 5.74) is 2.75. The first-order chi connectivity index (χ1) is 11.0. The number of benzene rings is 1. The van der Waals surface area contributed by atoms with Gasteiger partial charge in [-0.15, -0.1) is 5.10 Å². The van der Waals surface area contributed by atoms with Gasteiger partial charge >= 0.3 is 0 Å². The number of fused-ring (bicyclic) bond motifs is 1. The highest BCUT2D eigenvalue weighted by molar-refractivity contribution is 5.73. The van der Waals surface area contributed by atoms with Gasteiger partial charge in [-0.2, -0.15) is 9.78 Å². The molecule has 2 heterocycles. The number of pyridine rings is 1. The Morgan fingerprint density at radius 2 is 2.00 bits per heavy atom. The summed E-state index contributed by atoms with van der Waals surface area (Å²) < 4.78 is 1.32. The highest BCUT2D eigenvalue weighted by Gasteiger charge is 2.19. The molecular formula is C18H18N4O. The van der Waals surface area contributed by atoms with Crippen LogP contribution in [0.4, 0.5) is 0 Å². The molecule has 2 aromatic heterocycles. The Labute approximate surface area is 134 Å². The van der Waals surface area contributed by atoms with E-state index in [4.69, 9.17) is 0 Å². The smallest absolute Gasteiger partial charge is 0.281 e. The molecule has 0 spiro atoms. The van der Waals surface area contributed by atoms with Crippen molar-refractivity contribution in [2.45, 2.75) is 27.2 Å². The number of aromatic amines is 1. The fraction of sp³-hybridized carbons (Fsp3) is 0.278. The second kappa shape index (κ2) is 5.73. The summed E-state index contributed by atoms with van der Waals surface area (Å²) in [6, 6.07) is 11.6. The van der Waals surface area contributed by atoms with Gasteiger partial charge in [-0.1, -0.05) is 44.2 Å². The lowest BCUT2D eigenvalue weighted by atomic mass is 9.99. The van der Waals surface area contributed by atoms with Gasteiger partial charge in [0.05, 0.1) is 11.1 Å². The Kier molecular flexibility index (Phi) is 3.75. The quantitative estimate of drug-likeness (QED) is 0.808. The Bertz CT molecular complexity index is 959. The topological polar surface area (TPSA) is 74.0 Å². The minimum absolute atomic E-state index is 0.200. The van der Waals surface area contributed by atoms with Crippen LogP contribution < -0.4 is 5.56 Å². The van der Waals surface area contributed by atoms with Crippen LogP contribution in [0.25, 0.3) is 16.8 Å². The van der Waals surface area contributed by atoms with E-state index in [-0.39, 0.29) is 5.56 Å². The Balaban J connectivity index is 2.35. The van der Waals surface area contributed by atoms with Crippen molar-refractivity contribution in [1.82, 2.24) is 14.6 Å². The molecule has 0 saturated heterocycles. The third-order valence-corrected chi connectivity index (χ3v) is 3.86. The maximum absolute atomic E-state index is 12.9. The van der Waals surface area contributed by atoms with Gasteiger partial charge < -0.3 is 4.98 Å². The molecule has 3 aromatic rings. The lowest BCUT2D eigenvalue weighted by molar-refractivity contribution is 0.619.